The molecule has 18 heavy (non-hydrogen) atoms. The molecule has 1 fully saturated rings. The molecular weight excluding hydrogens is 228 g/mol. The molecule has 0 radical (unpaired) electrons. The maximum Gasteiger partial charge on any atom is 0.346 e. The van der Waals surface area contributed by atoms with Crippen LogP contribution in [0.5, 0.6) is 0 Å². The van der Waals surface area contributed by atoms with Gasteiger partial charge in [-0.1, -0.05) is 6.92 Å². The van der Waals surface area contributed by atoms with E-state index >= 15 is 0 Å². The first-order valence-corrected chi connectivity index (χ1v) is 6.91. The van der Waals surface area contributed by atoms with Crippen molar-refractivity contribution in [3.63, 3.8) is 0 Å². The molecule has 1 spiro atoms. The van der Waals surface area contributed by atoms with Gasteiger partial charge in [0.25, 0.3) is 0 Å². The molecule has 1 saturated heterocycles. The van der Waals surface area contributed by atoms with Crippen molar-refractivity contribution in [2.75, 3.05) is 19.6 Å². The van der Waals surface area contributed by atoms with Crippen molar-refractivity contribution in [1.29, 1.82) is 0 Å². The van der Waals surface area contributed by atoms with E-state index in [2.05, 4.69) is 30.7 Å². The zero-order valence-electron chi connectivity index (χ0n) is 11.6. The van der Waals surface area contributed by atoms with E-state index in [0.29, 0.717) is 11.9 Å². The summed E-state index contributed by atoms with van der Waals surface area (Å²) in [7, 11) is 0. The first kappa shape index (κ1) is 13.3. The highest BCUT2D eigenvalue weighted by atomic mass is 16.2. The normalized spacial score (nSPS) is 24.1. The Balaban J connectivity index is 2.15. The molecule has 0 aromatic carbocycles. The number of nitrogens with two attached hydrogens (primary N) is 1. The predicted molar refractivity (Wildman–Crippen MR) is 72.7 cm³/mol. The lowest BCUT2D eigenvalue weighted by Crippen LogP contribution is -2.60. The summed E-state index contributed by atoms with van der Waals surface area (Å²) in [5.74, 6) is 0.532. The number of urea groups is 1. The third-order valence-electron chi connectivity index (χ3n) is 4.24. The summed E-state index contributed by atoms with van der Waals surface area (Å²) < 4.78 is 0. The Morgan fingerprint density at radius 2 is 2.00 bits per heavy atom. The molecule has 5 nitrogen and oxygen atoms in total. The molecule has 5 heteroatoms. The fourth-order valence-electron chi connectivity index (χ4n) is 3.06. The molecule has 0 saturated carbocycles. The molecule has 0 aromatic rings. The summed E-state index contributed by atoms with van der Waals surface area (Å²) in [5.41, 5.74) is 5.75. The first-order chi connectivity index (χ1) is 8.51. The zero-order chi connectivity index (χ0) is 13.3. The fraction of sp³-hybridized carbons (Fsp3) is 0.846. The Labute approximate surface area is 109 Å². The highest BCUT2D eigenvalue weighted by molar-refractivity contribution is 6.05. The van der Waals surface area contributed by atoms with Crippen LogP contribution < -0.4 is 5.73 Å². The lowest BCUT2D eigenvalue weighted by atomic mass is 9.85. The van der Waals surface area contributed by atoms with Gasteiger partial charge < -0.3 is 15.5 Å². The fourth-order valence-corrected chi connectivity index (χ4v) is 3.06. The molecule has 102 valence electrons. The Morgan fingerprint density at radius 3 is 2.50 bits per heavy atom. The van der Waals surface area contributed by atoms with E-state index in [1.165, 1.54) is 0 Å². The summed E-state index contributed by atoms with van der Waals surface area (Å²) >= 11 is 0. The van der Waals surface area contributed by atoms with Crippen molar-refractivity contribution in [3.8, 4) is 0 Å². The topological polar surface area (TPSA) is 61.9 Å². The van der Waals surface area contributed by atoms with Crippen LogP contribution in [0.4, 0.5) is 4.79 Å². The highest BCUT2D eigenvalue weighted by Gasteiger charge is 2.49. The van der Waals surface area contributed by atoms with E-state index in [1.807, 2.05) is 4.90 Å². The number of amides is 2. The molecule has 2 rings (SSSR count). The monoisotopic (exact) mass is 252 g/mol. The van der Waals surface area contributed by atoms with Crippen LogP contribution >= 0.6 is 0 Å². The van der Waals surface area contributed by atoms with E-state index in [1.54, 1.807) is 0 Å². The Kier molecular flexibility index (Phi) is 3.61. The standard InChI is InChI=1S/C13H24N4O/c1-4-7-17-12(18)15-11(14)13(17)5-8-16(9-6-13)10(2)3/h10H,4-9H2,1-3H3,(H2,14,15,18). The van der Waals surface area contributed by atoms with Crippen molar-refractivity contribution < 1.29 is 4.79 Å². The second kappa shape index (κ2) is 4.88. The van der Waals surface area contributed by atoms with E-state index in [4.69, 9.17) is 5.73 Å². The number of nitrogens with zero attached hydrogens (tertiary/aromatic N) is 3. The van der Waals surface area contributed by atoms with Gasteiger partial charge in [-0.3, -0.25) is 0 Å². The second-order valence-electron chi connectivity index (χ2n) is 5.59. The minimum Gasteiger partial charge on any atom is -0.385 e. The van der Waals surface area contributed by atoms with Crippen LogP contribution in [0.15, 0.2) is 4.99 Å². The molecule has 0 unspecified atom stereocenters. The number of aliphatic imine (C=N–C) groups is 1. The smallest absolute Gasteiger partial charge is 0.346 e. The average Bonchev–Trinajstić information content (AvgIpc) is 2.55. The summed E-state index contributed by atoms with van der Waals surface area (Å²) in [5, 5.41) is 0. The van der Waals surface area contributed by atoms with Crippen LogP contribution in [-0.2, 0) is 0 Å². The molecule has 2 aliphatic heterocycles. The van der Waals surface area contributed by atoms with Gasteiger partial charge in [-0.05, 0) is 33.1 Å². The highest BCUT2D eigenvalue weighted by Crippen LogP contribution is 2.34. The third-order valence-corrected chi connectivity index (χ3v) is 4.24. The van der Waals surface area contributed by atoms with Crippen LogP contribution in [0.25, 0.3) is 0 Å². The van der Waals surface area contributed by atoms with Crippen molar-refractivity contribution in [3.05, 3.63) is 0 Å². The van der Waals surface area contributed by atoms with Gasteiger partial charge in [0.1, 0.15) is 11.4 Å². The van der Waals surface area contributed by atoms with Gasteiger partial charge in [-0.15, -0.1) is 0 Å². The minimum atomic E-state index is -0.293. The van der Waals surface area contributed by atoms with Crippen LogP contribution in [0, 0.1) is 0 Å². The number of likely N-dealkylation sites (tertiary alicyclic amines) is 1. The Morgan fingerprint density at radius 1 is 1.39 bits per heavy atom. The van der Waals surface area contributed by atoms with Gasteiger partial charge >= 0.3 is 6.03 Å². The van der Waals surface area contributed by atoms with E-state index < -0.39 is 0 Å². The molecule has 2 N–H and O–H groups in total. The number of carbonyl (C=O) groups is 1. The number of amidine groups is 1. The van der Waals surface area contributed by atoms with Crippen molar-refractivity contribution in [2.24, 2.45) is 10.7 Å². The van der Waals surface area contributed by atoms with Crippen LogP contribution in [0.2, 0.25) is 0 Å². The summed E-state index contributed by atoms with van der Waals surface area (Å²) in [6.45, 7) is 9.23. The number of carbonyl (C=O) groups excluding carboxylic acids is 1. The van der Waals surface area contributed by atoms with Gasteiger partial charge in [0.2, 0.25) is 0 Å². The van der Waals surface area contributed by atoms with Crippen molar-refractivity contribution >= 4 is 11.9 Å². The van der Waals surface area contributed by atoms with Crippen LogP contribution in [0.3, 0.4) is 0 Å². The number of rotatable bonds is 3. The van der Waals surface area contributed by atoms with Crippen LogP contribution in [-0.4, -0.2) is 52.9 Å². The third kappa shape index (κ3) is 2.00. The molecular formula is C13H24N4O. The zero-order valence-corrected chi connectivity index (χ0v) is 11.6. The lowest BCUT2D eigenvalue weighted by Gasteiger charge is -2.45. The predicted octanol–water partition coefficient (Wildman–Crippen LogP) is 1.43. The van der Waals surface area contributed by atoms with Gasteiger partial charge in [-0.2, -0.15) is 4.99 Å². The van der Waals surface area contributed by atoms with E-state index in [-0.39, 0.29) is 11.6 Å². The first-order valence-electron chi connectivity index (χ1n) is 6.91. The van der Waals surface area contributed by atoms with Crippen molar-refractivity contribution in [1.82, 2.24) is 9.80 Å². The summed E-state index contributed by atoms with van der Waals surface area (Å²) in [6, 6.07) is 0.407. The number of hydrogen-bond donors (Lipinski definition) is 1. The van der Waals surface area contributed by atoms with E-state index in [0.717, 1.165) is 38.9 Å². The summed E-state index contributed by atoms with van der Waals surface area (Å²) in [4.78, 5) is 20.2. The summed E-state index contributed by atoms with van der Waals surface area (Å²) in [6.07, 6.45) is 2.77. The SMILES string of the molecule is CCCN1C(=O)N=C(N)C12CCN(C(C)C)CC2. The molecule has 0 bridgehead atoms. The van der Waals surface area contributed by atoms with Gasteiger partial charge in [0, 0.05) is 25.7 Å². The Hall–Kier alpha value is -1.10. The molecule has 0 aromatic heterocycles. The lowest BCUT2D eigenvalue weighted by molar-refractivity contribution is 0.0856. The molecule has 0 aliphatic carbocycles. The largest absolute Gasteiger partial charge is 0.385 e. The second-order valence-corrected chi connectivity index (χ2v) is 5.59. The molecule has 2 aliphatic rings. The quantitative estimate of drug-likeness (QED) is 0.826. The molecule has 2 amide bonds. The maximum atomic E-state index is 11.9. The molecule has 2 heterocycles. The number of piperidine rings is 1. The van der Waals surface area contributed by atoms with Crippen molar-refractivity contribution in [2.45, 2.75) is 51.6 Å². The maximum absolute atomic E-state index is 11.9. The Bertz CT molecular complexity index is 356. The minimum absolute atomic E-state index is 0.146. The van der Waals surface area contributed by atoms with Crippen LogP contribution in [0.1, 0.15) is 40.0 Å². The molecule has 0 atom stereocenters. The van der Waals surface area contributed by atoms with Gasteiger partial charge in [-0.25, -0.2) is 4.79 Å². The van der Waals surface area contributed by atoms with Gasteiger partial charge in [0.05, 0.1) is 0 Å². The van der Waals surface area contributed by atoms with Gasteiger partial charge in [0.15, 0.2) is 0 Å². The van der Waals surface area contributed by atoms with E-state index in [9.17, 15) is 4.79 Å². The average molecular weight is 252 g/mol. The number of hydrogen-bond acceptors (Lipinski definition) is 3.